The molecule has 0 spiro atoms. The first kappa shape index (κ1) is 28.7. The summed E-state index contributed by atoms with van der Waals surface area (Å²) in [5.41, 5.74) is 4.68. The summed E-state index contributed by atoms with van der Waals surface area (Å²) < 4.78 is 52.1. The summed E-state index contributed by atoms with van der Waals surface area (Å²) in [6, 6.07) is 7.43. The van der Waals surface area contributed by atoms with Crippen LogP contribution >= 0.6 is 0 Å². The van der Waals surface area contributed by atoms with E-state index in [1.165, 1.54) is 13.2 Å². The second-order valence-corrected chi connectivity index (χ2v) is 9.91. The predicted octanol–water partition coefficient (Wildman–Crippen LogP) is 6.03. The van der Waals surface area contributed by atoms with E-state index in [0.29, 0.717) is 35.7 Å². The topological polar surface area (TPSA) is 96.1 Å². The number of ether oxygens (including phenoxy) is 2. The van der Waals surface area contributed by atoms with Crippen LogP contribution in [0.1, 0.15) is 47.4 Å². The molecule has 0 aliphatic carbocycles. The van der Waals surface area contributed by atoms with Crippen molar-refractivity contribution in [3.05, 3.63) is 65.1 Å². The van der Waals surface area contributed by atoms with E-state index in [9.17, 15) is 18.0 Å². The molecule has 2 heterocycles. The van der Waals surface area contributed by atoms with Crippen LogP contribution in [0.2, 0.25) is 0 Å². The highest BCUT2D eigenvalue weighted by atomic mass is 19.4. The number of amides is 1. The number of nitrogens with zero attached hydrogens (tertiary/aromatic N) is 5. The first-order valence-electron chi connectivity index (χ1n) is 12.7. The molecule has 2 aromatic heterocycles. The third-order valence-corrected chi connectivity index (χ3v) is 6.54. The monoisotopic (exact) mass is 556 g/mol. The van der Waals surface area contributed by atoms with Gasteiger partial charge in [0.2, 0.25) is 0 Å². The number of methoxy groups -OCH3 is 1. The summed E-state index contributed by atoms with van der Waals surface area (Å²) in [5.74, 6) is -0.390. The number of benzene rings is 2. The zero-order valence-electron chi connectivity index (χ0n) is 23.1. The molecule has 9 nitrogen and oxygen atoms in total. The van der Waals surface area contributed by atoms with Crippen molar-refractivity contribution in [3.8, 4) is 28.4 Å². The van der Waals surface area contributed by atoms with Gasteiger partial charge in [-0.3, -0.25) is 9.48 Å². The van der Waals surface area contributed by atoms with Gasteiger partial charge in [-0.25, -0.2) is 4.68 Å². The maximum absolute atomic E-state index is 13.3. The van der Waals surface area contributed by atoms with Gasteiger partial charge in [-0.2, -0.15) is 5.10 Å². The van der Waals surface area contributed by atoms with Crippen molar-refractivity contribution >= 4 is 11.6 Å². The number of halogens is 3. The second-order valence-electron chi connectivity index (χ2n) is 9.91. The molecule has 0 bridgehead atoms. The Labute approximate surface area is 229 Å². The Morgan fingerprint density at radius 3 is 2.52 bits per heavy atom. The molecule has 1 N–H and O–H groups in total. The minimum Gasteiger partial charge on any atom is -0.494 e. The van der Waals surface area contributed by atoms with E-state index >= 15 is 0 Å². The minimum absolute atomic E-state index is 0.0743. The number of carbonyl (C=O) groups excluding carboxylic acids is 1. The van der Waals surface area contributed by atoms with E-state index in [4.69, 9.17) is 4.74 Å². The Morgan fingerprint density at radius 1 is 1.15 bits per heavy atom. The number of carbonyl (C=O) groups is 1. The number of alkyl halides is 3. The van der Waals surface area contributed by atoms with E-state index in [1.54, 1.807) is 40.0 Å². The van der Waals surface area contributed by atoms with Crippen molar-refractivity contribution < 1.29 is 27.4 Å². The molecule has 0 radical (unpaired) electrons. The Hall–Kier alpha value is -4.35. The number of hydrogen-bond donors (Lipinski definition) is 1. The van der Waals surface area contributed by atoms with Crippen molar-refractivity contribution in [2.24, 2.45) is 13.0 Å². The second kappa shape index (κ2) is 11.4. The molecule has 40 heavy (non-hydrogen) atoms. The number of aryl methyl sites for hydroxylation is 3. The van der Waals surface area contributed by atoms with Gasteiger partial charge < -0.3 is 14.8 Å². The summed E-state index contributed by atoms with van der Waals surface area (Å²) in [5, 5.41) is 15.4. The fourth-order valence-electron chi connectivity index (χ4n) is 4.26. The number of nitrogens with one attached hydrogen (secondary N) is 1. The van der Waals surface area contributed by atoms with Crippen molar-refractivity contribution in [2.45, 2.75) is 46.9 Å². The maximum atomic E-state index is 13.3. The lowest BCUT2D eigenvalue weighted by molar-refractivity contribution is -0.274. The predicted molar refractivity (Wildman–Crippen MR) is 144 cm³/mol. The highest BCUT2D eigenvalue weighted by Gasteiger charge is 2.32. The summed E-state index contributed by atoms with van der Waals surface area (Å²) in [6.45, 7) is 7.82. The summed E-state index contributed by atoms with van der Waals surface area (Å²) in [4.78, 5) is 13.3. The Kier molecular flexibility index (Phi) is 8.17. The van der Waals surface area contributed by atoms with Crippen molar-refractivity contribution in [3.63, 3.8) is 0 Å². The lowest BCUT2D eigenvalue weighted by Crippen LogP contribution is -2.18. The zero-order valence-corrected chi connectivity index (χ0v) is 23.1. The number of hydrogen-bond acceptors (Lipinski definition) is 6. The van der Waals surface area contributed by atoms with Gasteiger partial charge in [0.25, 0.3) is 5.91 Å². The fourth-order valence-corrected chi connectivity index (χ4v) is 4.26. The van der Waals surface area contributed by atoms with E-state index < -0.39 is 18.0 Å². The van der Waals surface area contributed by atoms with Crippen LogP contribution in [0.3, 0.4) is 0 Å². The van der Waals surface area contributed by atoms with Crippen LogP contribution in [0, 0.1) is 19.8 Å². The summed E-state index contributed by atoms with van der Waals surface area (Å²) >= 11 is 0. The van der Waals surface area contributed by atoms with Gasteiger partial charge in [0, 0.05) is 29.9 Å². The Morgan fingerprint density at radius 2 is 1.90 bits per heavy atom. The lowest BCUT2D eigenvalue weighted by atomic mass is 10.0. The molecule has 4 aromatic rings. The molecule has 1 amide bonds. The van der Waals surface area contributed by atoms with Gasteiger partial charge in [0.15, 0.2) is 0 Å². The number of anilines is 1. The Balaban J connectivity index is 1.66. The van der Waals surface area contributed by atoms with E-state index in [0.717, 1.165) is 22.9 Å². The third kappa shape index (κ3) is 6.44. The molecular formula is C28H31F3N6O3. The average Bonchev–Trinajstić information content (AvgIpc) is 3.48. The highest BCUT2D eigenvalue weighted by Crippen LogP contribution is 2.37. The molecule has 4 rings (SSSR count). The molecule has 0 atom stereocenters. The average molecular weight is 557 g/mol. The van der Waals surface area contributed by atoms with E-state index in [1.807, 2.05) is 34.7 Å². The lowest BCUT2D eigenvalue weighted by Gasteiger charge is -2.18. The molecule has 0 saturated carbocycles. The van der Waals surface area contributed by atoms with Crippen LogP contribution < -0.4 is 14.8 Å². The third-order valence-electron chi connectivity index (χ3n) is 6.54. The van der Waals surface area contributed by atoms with Crippen molar-refractivity contribution in [1.29, 1.82) is 0 Å². The first-order valence-corrected chi connectivity index (χ1v) is 12.7. The van der Waals surface area contributed by atoms with E-state index in [2.05, 4.69) is 25.5 Å². The summed E-state index contributed by atoms with van der Waals surface area (Å²) in [7, 11) is 3.24. The highest BCUT2D eigenvalue weighted by molar-refractivity contribution is 6.05. The molecule has 0 unspecified atom stereocenters. The summed E-state index contributed by atoms with van der Waals surface area (Å²) in [6.07, 6.45) is -0.282. The van der Waals surface area contributed by atoms with Gasteiger partial charge in [-0.1, -0.05) is 25.1 Å². The molecule has 12 heteroatoms. The first-order chi connectivity index (χ1) is 18.9. The van der Waals surface area contributed by atoms with Crippen LogP contribution in [0.4, 0.5) is 18.9 Å². The van der Waals surface area contributed by atoms with Gasteiger partial charge >= 0.3 is 6.36 Å². The molecule has 0 fully saturated rings. The van der Waals surface area contributed by atoms with Gasteiger partial charge in [-0.05, 0) is 61.9 Å². The minimum atomic E-state index is -4.89. The van der Waals surface area contributed by atoms with Crippen LogP contribution in [0.15, 0.2) is 42.7 Å². The van der Waals surface area contributed by atoms with Gasteiger partial charge in [-0.15, -0.1) is 18.3 Å². The van der Waals surface area contributed by atoms with E-state index in [-0.39, 0.29) is 17.0 Å². The molecule has 0 aliphatic heterocycles. The number of aromatic nitrogens is 5. The SMILES string of the molecule is COc1c(CCC(C)C)cc(OC(F)(F)F)cc1NC(=O)c1ccc(C)c(-n2cc(-c3cnn(C)c3C)nn2)c1. The van der Waals surface area contributed by atoms with Gasteiger partial charge in [0.05, 0.1) is 30.9 Å². The zero-order chi connectivity index (χ0) is 29.2. The molecule has 212 valence electrons. The molecule has 0 aliphatic rings. The van der Waals surface area contributed by atoms with Crippen molar-refractivity contribution in [1.82, 2.24) is 24.8 Å². The van der Waals surface area contributed by atoms with Crippen LogP contribution in [-0.2, 0) is 13.5 Å². The van der Waals surface area contributed by atoms with Crippen molar-refractivity contribution in [2.75, 3.05) is 12.4 Å². The smallest absolute Gasteiger partial charge is 0.494 e. The standard InChI is InChI=1S/C28H31F3N6O3/c1-16(2)7-9-19-11-21(40-28(29,30)31)13-23(26(19)39-6)33-27(38)20-10-8-17(3)25(12-20)37-15-24(34-35-37)22-14-32-36(5)18(22)4/h8,10-16H,7,9H2,1-6H3,(H,33,38). The Bertz CT molecular complexity index is 1520. The van der Waals surface area contributed by atoms with Gasteiger partial charge in [0.1, 0.15) is 17.2 Å². The van der Waals surface area contributed by atoms with Crippen LogP contribution in [-0.4, -0.2) is 44.2 Å². The largest absolute Gasteiger partial charge is 0.573 e. The van der Waals surface area contributed by atoms with Crippen LogP contribution in [0.5, 0.6) is 11.5 Å². The van der Waals surface area contributed by atoms with Crippen LogP contribution in [0.25, 0.3) is 16.9 Å². The maximum Gasteiger partial charge on any atom is 0.573 e. The fraction of sp³-hybridized carbons (Fsp3) is 0.357. The normalized spacial score (nSPS) is 11.7. The molecular weight excluding hydrogens is 525 g/mol. The quantitative estimate of drug-likeness (QED) is 0.270. The number of rotatable bonds is 9. The molecule has 2 aromatic carbocycles. The molecule has 0 saturated heterocycles.